The van der Waals surface area contributed by atoms with Gasteiger partial charge in [0.15, 0.2) is 0 Å². The van der Waals surface area contributed by atoms with Gasteiger partial charge in [0, 0.05) is 38.9 Å². The molecule has 0 spiro atoms. The average Bonchev–Trinajstić information content (AvgIpc) is 3.69. The Bertz CT molecular complexity index is 3080. The quantitative estimate of drug-likeness (QED) is 0.162. The van der Waals surface area contributed by atoms with E-state index in [0.717, 1.165) is 17.1 Å². The molecule has 10 aromatic rings. The molecule has 2 heteroatoms. The molecule has 0 N–H and O–H groups in total. The maximum atomic E-state index is 2.43. The van der Waals surface area contributed by atoms with E-state index in [1.54, 1.807) is 0 Å². The van der Waals surface area contributed by atoms with Crippen LogP contribution in [-0.2, 0) is 5.41 Å². The van der Waals surface area contributed by atoms with E-state index in [1.165, 1.54) is 82.4 Å². The monoisotopic (exact) mass is 702 g/mol. The van der Waals surface area contributed by atoms with Crippen molar-refractivity contribution in [1.29, 1.82) is 0 Å². The third kappa shape index (κ3) is 4.81. The van der Waals surface area contributed by atoms with Crippen LogP contribution in [0.25, 0.3) is 71.3 Å². The van der Waals surface area contributed by atoms with E-state index < -0.39 is 0 Å². The van der Waals surface area contributed by atoms with Crippen molar-refractivity contribution < 1.29 is 0 Å². The highest BCUT2D eigenvalue weighted by Gasteiger charge is 2.36. The van der Waals surface area contributed by atoms with Crippen LogP contribution in [0.2, 0.25) is 0 Å². The number of nitrogens with zero attached hydrogens (tertiary/aromatic N) is 2. The standard InChI is InChI=1S/C53H38N2/c1-53(2)49-33-39(27-29-44(49)45-30-28-40(34-50(45)53)55-51-25-12-10-23-46(51)47-24-11-13-26-52(47)55)54(37-17-4-3-5-18-37)38-19-14-16-35(31-38)48-32-36-15-6-7-20-41(36)42-21-8-9-22-43(42)48/h3-34H,1-2H3. The highest BCUT2D eigenvalue weighted by Crippen LogP contribution is 2.52. The van der Waals surface area contributed by atoms with E-state index in [1.807, 2.05) is 0 Å². The number of aromatic nitrogens is 1. The first-order valence-electron chi connectivity index (χ1n) is 19.2. The lowest BCUT2D eigenvalue weighted by molar-refractivity contribution is 0.660. The smallest absolute Gasteiger partial charge is 0.0541 e. The fraction of sp³-hybridized carbons (Fsp3) is 0.0566. The second-order valence-corrected chi connectivity index (χ2v) is 15.4. The minimum atomic E-state index is -0.205. The molecule has 0 bridgehead atoms. The summed E-state index contributed by atoms with van der Waals surface area (Å²) < 4.78 is 2.43. The Labute approximate surface area is 321 Å². The van der Waals surface area contributed by atoms with Crippen LogP contribution < -0.4 is 4.90 Å². The van der Waals surface area contributed by atoms with Crippen LogP contribution in [0.5, 0.6) is 0 Å². The summed E-state index contributed by atoms with van der Waals surface area (Å²) in [5, 5.41) is 7.65. The predicted octanol–water partition coefficient (Wildman–Crippen LogP) is 14.5. The summed E-state index contributed by atoms with van der Waals surface area (Å²) in [6.07, 6.45) is 0. The first-order valence-corrected chi connectivity index (χ1v) is 19.2. The van der Waals surface area contributed by atoms with Gasteiger partial charge in [0.2, 0.25) is 0 Å². The number of fused-ring (bicyclic) bond motifs is 9. The summed E-state index contributed by atoms with van der Waals surface area (Å²) in [7, 11) is 0. The maximum absolute atomic E-state index is 2.43. The van der Waals surface area contributed by atoms with Gasteiger partial charge in [-0.1, -0.05) is 141 Å². The minimum Gasteiger partial charge on any atom is -0.310 e. The summed E-state index contributed by atoms with van der Waals surface area (Å²) in [4.78, 5) is 2.41. The SMILES string of the molecule is CC1(C)c2cc(N(c3ccccc3)c3cccc(-c4cc5ccccc5c5ccccc45)c3)ccc2-c2ccc(-n3c4ccccc4c4ccccc43)cc21. The van der Waals surface area contributed by atoms with Gasteiger partial charge in [-0.2, -0.15) is 0 Å². The molecule has 0 saturated carbocycles. The van der Waals surface area contributed by atoms with Gasteiger partial charge in [-0.15, -0.1) is 0 Å². The minimum absolute atomic E-state index is 0.205. The first-order chi connectivity index (χ1) is 27.0. The topological polar surface area (TPSA) is 8.17 Å². The number of benzene rings is 9. The molecule has 0 aliphatic heterocycles. The highest BCUT2D eigenvalue weighted by molar-refractivity contribution is 6.14. The third-order valence-electron chi connectivity index (χ3n) is 11.9. The molecule has 0 saturated heterocycles. The highest BCUT2D eigenvalue weighted by atomic mass is 15.1. The molecular weight excluding hydrogens is 665 g/mol. The van der Waals surface area contributed by atoms with Crippen LogP contribution in [-0.4, -0.2) is 4.57 Å². The Kier molecular flexibility index (Phi) is 6.93. The van der Waals surface area contributed by atoms with Crippen LogP contribution in [0.15, 0.2) is 194 Å². The number of hydrogen-bond acceptors (Lipinski definition) is 1. The van der Waals surface area contributed by atoms with Crippen molar-refractivity contribution >= 4 is 60.4 Å². The Morgan fingerprint density at radius 1 is 0.382 bits per heavy atom. The summed E-state index contributed by atoms with van der Waals surface area (Å²) in [5.41, 5.74) is 14.6. The van der Waals surface area contributed by atoms with Gasteiger partial charge >= 0.3 is 0 Å². The van der Waals surface area contributed by atoms with Crippen molar-refractivity contribution in [1.82, 2.24) is 4.57 Å². The van der Waals surface area contributed by atoms with E-state index in [-0.39, 0.29) is 5.41 Å². The molecule has 1 heterocycles. The van der Waals surface area contributed by atoms with Crippen LogP contribution in [0.1, 0.15) is 25.0 Å². The van der Waals surface area contributed by atoms with Crippen LogP contribution >= 0.6 is 0 Å². The van der Waals surface area contributed by atoms with E-state index in [2.05, 4.69) is 217 Å². The molecule has 0 atom stereocenters. The van der Waals surface area contributed by atoms with Gasteiger partial charge in [0.05, 0.1) is 11.0 Å². The fourth-order valence-electron chi connectivity index (χ4n) is 9.32. The van der Waals surface area contributed by atoms with Crippen molar-refractivity contribution in [3.63, 3.8) is 0 Å². The predicted molar refractivity (Wildman–Crippen MR) is 233 cm³/mol. The summed E-state index contributed by atoms with van der Waals surface area (Å²) in [6, 6.07) is 71.4. The summed E-state index contributed by atoms with van der Waals surface area (Å²) >= 11 is 0. The second-order valence-electron chi connectivity index (χ2n) is 15.4. The Morgan fingerprint density at radius 2 is 0.945 bits per heavy atom. The third-order valence-corrected chi connectivity index (χ3v) is 11.9. The number of hydrogen-bond donors (Lipinski definition) is 0. The zero-order valence-electron chi connectivity index (χ0n) is 30.9. The molecule has 55 heavy (non-hydrogen) atoms. The molecule has 260 valence electrons. The maximum Gasteiger partial charge on any atom is 0.0541 e. The molecule has 2 nitrogen and oxygen atoms in total. The second kappa shape index (κ2) is 12.1. The molecule has 1 aliphatic rings. The van der Waals surface area contributed by atoms with Gasteiger partial charge in [0.1, 0.15) is 0 Å². The molecule has 1 aliphatic carbocycles. The number of anilines is 3. The Balaban J connectivity index is 1.04. The molecule has 0 radical (unpaired) electrons. The zero-order valence-corrected chi connectivity index (χ0v) is 30.9. The molecule has 0 unspecified atom stereocenters. The summed E-state index contributed by atoms with van der Waals surface area (Å²) in [5.74, 6) is 0. The Hall–Kier alpha value is -6.90. The van der Waals surface area contributed by atoms with Crippen molar-refractivity contribution in [2.24, 2.45) is 0 Å². The largest absolute Gasteiger partial charge is 0.310 e. The van der Waals surface area contributed by atoms with E-state index in [0.29, 0.717) is 0 Å². The molecule has 9 aromatic carbocycles. The normalized spacial score (nSPS) is 13.1. The number of rotatable bonds is 5. The summed E-state index contributed by atoms with van der Waals surface area (Å²) in [6.45, 7) is 4.77. The molecule has 1 aromatic heterocycles. The van der Waals surface area contributed by atoms with Crippen LogP contribution in [0, 0.1) is 0 Å². The molecule has 11 rings (SSSR count). The van der Waals surface area contributed by atoms with Gasteiger partial charge in [0.25, 0.3) is 0 Å². The molecule has 0 fully saturated rings. The van der Waals surface area contributed by atoms with Gasteiger partial charge in [-0.25, -0.2) is 0 Å². The lowest BCUT2D eigenvalue weighted by Gasteiger charge is -2.28. The van der Waals surface area contributed by atoms with Crippen LogP contribution in [0.4, 0.5) is 17.1 Å². The van der Waals surface area contributed by atoms with Gasteiger partial charge in [-0.05, 0) is 122 Å². The van der Waals surface area contributed by atoms with Gasteiger partial charge < -0.3 is 9.47 Å². The van der Waals surface area contributed by atoms with Crippen LogP contribution in [0.3, 0.4) is 0 Å². The fourth-order valence-corrected chi connectivity index (χ4v) is 9.32. The first kappa shape index (κ1) is 31.6. The zero-order chi connectivity index (χ0) is 36.7. The van der Waals surface area contributed by atoms with Crippen molar-refractivity contribution in [2.75, 3.05) is 4.90 Å². The Morgan fingerprint density at radius 3 is 1.69 bits per heavy atom. The molecular formula is C53H38N2. The average molecular weight is 703 g/mol. The van der Waals surface area contributed by atoms with E-state index in [9.17, 15) is 0 Å². The lowest BCUT2D eigenvalue weighted by Crippen LogP contribution is -2.17. The lowest BCUT2D eigenvalue weighted by atomic mass is 9.82. The van der Waals surface area contributed by atoms with E-state index in [4.69, 9.17) is 0 Å². The van der Waals surface area contributed by atoms with E-state index >= 15 is 0 Å². The number of para-hydroxylation sites is 3. The van der Waals surface area contributed by atoms with Crippen molar-refractivity contribution in [3.05, 3.63) is 205 Å². The van der Waals surface area contributed by atoms with Crippen molar-refractivity contribution in [2.45, 2.75) is 19.3 Å². The van der Waals surface area contributed by atoms with Crippen molar-refractivity contribution in [3.8, 4) is 27.9 Å². The van der Waals surface area contributed by atoms with Gasteiger partial charge in [-0.3, -0.25) is 0 Å². The molecule has 0 amide bonds.